The van der Waals surface area contributed by atoms with Gasteiger partial charge in [-0.25, -0.2) is 0 Å². The summed E-state index contributed by atoms with van der Waals surface area (Å²) >= 11 is 0. The van der Waals surface area contributed by atoms with Crippen LogP contribution in [0.25, 0.3) is 16.7 Å². The first kappa shape index (κ1) is 20.7. The third-order valence-electron chi connectivity index (χ3n) is 5.96. The van der Waals surface area contributed by atoms with E-state index in [0.29, 0.717) is 0 Å². The van der Waals surface area contributed by atoms with E-state index < -0.39 is 0 Å². The fourth-order valence-electron chi connectivity index (χ4n) is 4.21. The van der Waals surface area contributed by atoms with Gasteiger partial charge in [0, 0.05) is 0 Å². The van der Waals surface area contributed by atoms with Crippen molar-refractivity contribution in [2.75, 3.05) is 0 Å². The van der Waals surface area contributed by atoms with Gasteiger partial charge >= 0.3 is 0 Å². The molecule has 1 aliphatic rings. The van der Waals surface area contributed by atoms with Crippen molar-refractivity contribution >= 4 is 5.57 Å². The predicted octanol–water partition coefficient (Wildman–Crippen LogP) is 8.29. The molecule has 1 heteroatoms. The highest BCUT2D eigenvalue weighted by Crippen LogP contribution is 2.33. The lowest BCUT2D eigenvalue weighted by atomic mass is 9.84. The van der Waals surface area contributed by atoms with E-state index in [4.69, 9.17) is 4.74 Å². The second kappa shape index (κ2) is 10.5. The minimum Gasteiger partial charge on any atom is -0.491 e. The molecule has 3 rings (SSSR count). The minimum absolute atomic E-state index is 0.278. The Kier molecular flexibility index (Phi) is 7.77. The number of benzene rings is 2. The van der Waals surface area contributed by atoms with Gasteiger partial charge in [-0.15, -0.1) is 0 Å². The van der Waals surface area contributed by atoms with Crippen LogP contribution in [0.4, 0.5) is 0 Å². The van der Waals surface area contributed by atoms with Crippen LogP contribution in [0.1, 0.15) is 77.7 Å². The van der Waals surface area contributed by atoms with Crippen LogP contribution in [0.15, 0.2) is 54.6 Å². The summed E-state index contributed by atoms with van der Waals surface area (Å²) in [5, 5.41) is 0. The topological polar surface area (TPSA) is 9.23 Å². The summed E-state index contributed by atoms with van der Waals surface area (Å²) in [4.78, 5) is 0. The number of unbranched alkanes of at least 4 members (excludes halogenated alkanes) is 1. The van der Waals surface area contributed by atoms with Gasteiger partial charge in [-0.1, -0.05) is 82.0 Å². The molecule has 0 saturated heterocycles. The number of ether oxygens (including phenoxy) is 1. The lowest BCUT2D eigenvalue weighted by Gasteiger charge is -2.22. The maximum absolute atomic E-state index is 5.97. The first-order chi connectivity index (χ1) is 13.7. The Labute approximate surface area is 171 Å². The number of rotatable bonds is 9. The Morgan fingerprint density at radius 3 is 2.11 bits per heavy atom. The minimum atomic E-state index is 0.278. The summed E-state index contributed by atoms with van der Waals surface area (Å²) < 4.78 is 5.97. The molecular weight excluding hydrogens is 340 g/mol. The molecule has 0 N–H and O–H groups in total. The van der Waals surface area contributed by atoms with Crippen LogP contribution >= 0.6 is 0 Å². The average molecular weight is 377 g/mol. The quantitative estimate of drug-likeness (QED) is 0.427. The van der Waals surface area contributed by atoms with Crippen molar-refractivity contribution in [2.24, 2.45) is 5.92 Å². The molecule has 150 valence electrons. The molecule has 0 radical (unpaired) electrons. The van der Waals surface area contributed by atoms with Crippen molar-refractivity contribution in [1.82, 2.24) is 0 Å². The highest BCUT2D eigenvalue weighted by molar-refractivity contribution is 5.71. The van der Waals surface area contributed by atoms with Crippen molar-refractivity contribution < 1.29 is 4.74 Å². The Morgan fingerprint density at radius 1 is 0.893 bits per heavy atom. The molecule has 2 aromatic carbocycles. The van der Waals surface area contributed by atoms with Crippen LogP contribution in [0.3, 0.4) is 0 Å². The van der Waals surface area contributed by atoms with E-state index in [1.807, 2.05) is 0 Å². The van der Waals surface area contributed by atoms with Gasteiger partial charge in [0.25, 0.3) is 0 Å². The Bertz CT molecular complexity index is 739. The van der Waals surface area contributed by atoms with Crippen molar-refractivity contribution in [3.8, 4) is 16.9 Å². The van der Waals surface area contributed by atoms with E-state index in [1.165, 1.54) is 60.8 Å². The van der Waals surface area contributed by atoms with Gasteiger partial charge in [-0.3, -0.25) is 0 Å². The normalized spacial score (nSPS) is 17.8. The van der Waals surface area contributed by atoms with Gasteiger partial charge in [0.05, 0.1) is 6.10 Å². The molecule has 0 spiro atoms. The van der Waals surface area contributed by atoms with E-state index >= 15 is 0 Å². The van der Waals surface area contributed by atoms with E-state index in [-0.39, 0.29) is 6.10 Å². The summed E-state index contributed by atoms with van der Waals surface area (Å²) in [6, 6.07) is 17.6. The molecule has 0 heterocycles. The van der Waals surface area contributed by atoms with Gasteiger partial charge in [0.2, 0.25) is 0 Å². The SMILES string of the molecule is CCCCC1CC=C(c2ccc(-c3ccc(OC(C)CCC)cc3)cc2)CC1. The van der Waals surface area contributed by atoms with E-state index in [2.05, 4.69) is 75.4 Å². The molecule has 2 aromatic rings. The second-order valence-corrected chi connectivity index (χ2v) is 8.33. The van der Waals surface area contributed by atoms with Crippen LogP contribution in [0, 0.1) is 5.92 Å². The van der Waals surface area contributed by atoms with Crippen molar-refractivity contribution in [1.29, 1.82) is 0 Å². The highest BCUT2D eigenvalue weighted by atomic mass is 16.5. The van der Waals surface area contributed by atoms with Gasteiger partial charge in [-0.05, 0) is 72.9 Å². The summed E-state index contributed by atoms with van der Waals surface area (Å²) in [7, 11) is 0. The molecular formula is C27H36O. The molecule has 0 saturated carbocycles. The first-order valence-electron chi connectivity index (χ1n) is 11.3. The van der Waals surface area contributed by atoms with Crippen LogP contribution in [-0.2, 0) is 0 Å². The Balaban J connectivity index is 1.61. The van der Waals surface area contributed by atoms with Crippen LogP contribution in [0.5, 0.6) is 5.75 Å². The molecule has 1 nitrogen and oxygen atoms in total. The summed E-state index contributed by atoms with van der Waals surface area (Å²) in [5.41, 5.74) is 5.45. The molecule has 0 amide bonds. The summed E-state index contributed by atoms with van der Waals surface area (Å²) in [6.07, 6.45) is 13.0. The third kappa shape index (κ3) is 5.74. The van der Waals surface area contributed by atoms with E-state index in [0.717, 1.165) is 24.5 Å². The summed E-state index contributed by atoms with van der Waals surface area (Å²) in [6.45, 7) is 6.63. The molecule has 0 bridgehead atoms. The average Bonchev–Trinajstić information content (AvgIpc) is 2.73. The van der Waals surface area contributed by atoms with Crippen molar-refractivity contribution in [3.63, 3.8) is 0 Å². The Morgan fingerprint density at radius 2 is 1.54 bits per heavy atom. The van der Waals surface area contributed by atoms with Gasteiger partial charge in [-0.2, -0.15) is 0 Å². The number of hydrogen-bond acceptors (Lipinski definition) is 1. The van der Waals surface area contributed by atoms with Crippen molar-refractivity contribution in [2.45, 2.75) is 78.2 Å². The van der Waals surface area contributed by atoms with Crippen LogP contribution in [0.2, 0.25) is 0 Å². The monoisotopic (exact) mass is 376 g/mol. The summed E-state index contributed by atoms with van der Waals surface area (Å²) in [5.74, 6) is 1.87. The molecule has 0 aromatic heterocycles. The number of allylic oxidation sites excluding steroid dienone is 2. The number of hydrogen-bond donors (Lipinski definition) is 0. The van der Waals surface area contributed by atoms with Crippen LogP contribution in [-0.4, -0.2) is 6.10 Å². The van der Waals surface area contributed by atoms with Gasteiger partial charge in [0.1, 0.15) is 5.75 Å². The first-order valence-corrected chi connectivity index (χ1v) is 11.3. The van der Waals surface area contributed by atoms with E-state index in [1.54, 1.807) is 0 Å². The predicted molar refractivity (Wildman–Crippen MR) is 122 cm³/mol. The molecule has 0 aliphatic heterocycles. The maximum atomic E-state index is 5.97. The molecule has 28 heavy (non-hydrogen) atoms. The second-order valence-electron chi connectivity index (χ2n) is 8.33. The molecule has 1 aliphatic carbocycles. The zero-order chi connectivity index (χ0) is 19.8. The maximum Gasteiger partial charge on any atom is 0.119 e. The standard InChI is InChI=1S/C27H36O/c1-4-6-8-22-9-11-23(12-10-22)24-13-15-25(16-14-24)26-17-19-27(20-18-26)28-21(3)7-5-2/h11,13-22H,4-10,12H2,1-3H3. The van der Waals surface area contributed by atoms with Crippen LogP contribution < -0.4 is 4.74 Å². The van der Waals surface area contributed by atoms with E-state index in [9.17, 15) is 0 Å². The zero-order valence-electron chi connectivity index (χ0n) is 17.9. The smallest absolute Gasteiger partial charge is 0.119 e. The fourth-order valence-corrected chi connectivity index (χ4v) is 4.21. The molecule has 0 fully saturated rings. The van der Waals surface area contributed by atoms with Gasteiger partial charge in [0.15, 0.2) is 0 Å². The lowest BCUT2D eigenvalue weighted by Crippen LogP contribution is -2.10. The molecule has 2 unspecified atom stereocenters. The lowest BCUT2D eigenvalue weighted by molar-refractivity contribution is 0.210. The largest absolute Gasteiger partial charge is 0.491 e. The zero-order valence-corrected chi connectivity index (χ0v) is 17.9. The molecule has 2 atom stereocenters. The Hall–Kier alpha value is -2.02. The van der Waals surface area contributed by atoms with Gasteiger partial charge < -0.3 is 4.74 Å². The van der Waals surface area contributed by atoms with Crippen molar-refractivity contribution in [3.05, 3.63) is 60.2 Å². The third-order valence-corrected chi connectivity index (χ3v) is 5.96. The fraction of sp³-hybridized carbons (Fsp3) is 0.481. The highest BCUT2D eigenvalue weighted by Gasteiger charge is 2.15.